The Morgan fingerprint density at radius 1 is 1.47 bits per heavy atom. The van der Waals surface area contributed by atoms with E-state index in [0.29, 0.717) is 0 Å². The van der Waals surface area contributed by atoms with Gasteiger partial charge in [-0.25, -0.2) is 13.1 Å². The molecule has 5 N–H and O–H groups in total. The molecule has 1 amide bonds. The molecule has 0 aliphatic carbocycles. The number of carbonyl (C=O) groups excluding carboxylic acids is 1. The smallest absolute Gasteiger partial charge is 0.265 e. The first-order chi connectivity index (χ1) is 8.09. The van der Waals surface area contributed by atoms with Crippen LogP contribution in [0, 0.1) is 0 Å². The van der Waals surface area contributed by atoms with E-state index in [4.69, 9.17) is 11.5 Å². The number of aryl methyl sites for hydroxylation is 1. The highest BCUT2D eigenvalue weighted by molar-refractivity contribution is 7.89. The summed E-state index contributed by atoms with van der Waals surface area (Å²) < 4.78 is 28.0. The first kappa shape index (κ1) is 17.9. The average molecular weight is 311 g/mol. The van der Waals surface area contributed by atoms with Crippen molar-refractivity contribution in [2.24, 2.45) is 18.5 Å². The number of nitrogens with one attached hydrogen (secondary N) is 1. The summed E-state index contributed by atoms with van der Waals surface area (Å²) in [7, 11) is -2.18. The van der Waals surface area contributed by atoms with Gasteiger partial charge in [-0.15, -0.1) is 12.4 Å². The van der Waals surface area contributed by atoms with Crippen LogP contribution >= 0.6 is 12.4 Å². The van der Waals surface area contributed by atoms with Crippen molar-refractivity contribution in [1.29, 1.82) is 0 Å². The van der Waals surface area contributed by atoms with E-state index in [2.05, 4.69) is 4.72 Å². The summed E-state index contributed by atoms with van der Waals surface area (Å²) in [5.41, 5.74) is 9.96. The molecule has 0 bridgehead atoms. The minimum Gasteiger partial charge on any atom is -0.364 e. The maximum Gasteiger partial charge on any atom is 0.265 e. The molecule has 0 radical (unpaired) electrons. The Hall–Kier alpha value is -1.09. The second-order valence-electron chi connectivity index (χ2n) is 4.73. The van der Waals surface area contributed by atoms with Gasteiger partial charge in [-0.1, -0.05) is 0 Å². The summed E-state index contributed by atoms with van der Waals surface area (Å²) in [6.07, 6.45) is 1.33. The predicted molar refractivity (Wildman–Crippen MR) is 74.6 cm³/mol. The van der Waals surface area contributed by atoms with Crippen molar-refractivity contribution < 1.29 is 13.2 Å². The van der Waals surface area contributed by atoms with Crippen LogP contribution in [0.3, 0.4) is 0 Å². The fraction of sp³-hybridized carbons (Fsp3) is 0.500. The Morgan fingerprint density at radius 3 is 2.37 bits per heavy atom. The lowest BCUT2D eigenvalue weighted by Crippen LogP contribution is -2.48. The molecule has 0 fully saturated rings. The van der Waals surface area contributed by atoms with Crippen LogP contribution in [0.1, 0.15) is 24.3 Å². The van der Waals surface area contributed by atoms with Crippen LogP contribution in [0.2, 0.25) is 0 Å². The topological polar surface area (TPSA) is 120 Å². The van der Waals surface area contributed by atoms with E-state index < -0.39 is 21.5 Å². The number of carbonyl (C=O) groups is 1. The Morgan fingerprint density at radius 2 is 2.00 bits per heavy atom. The van der Waals surface area contributed by atoms with Gasteiger partial charge in [-0.2, -0.15) is 0 Å². The Balaban J connectivity index is 0.00000324. The zero-order valence-electron chi connectivity index (χ0n) is 11.0. The number of aromatic nitrogens is 1. The van der Waals surface area contributed by atoms with Gasteiger partial charge in [0.05, 0.1) is 0 Å². The van der Waals surface area contributed by atoms with Crippen molar-refractivity contribution in [3.8, 4) is 0 Å². The molecule has 7 nitrogen and oxygen atoms in total. The van der Waals surface area contributed by atoms with Gasteiger partial charge in [0, 0.05) is 25.3 Å². The van der Waals surface area contributed by atoms with E-state index >= 15 is 0 Å². The summed E-state index contributed by atoms with van der Waals surface area (Å²) >= 11 is 0. The highest BCUT2D eigenvalue weighted by atomic mass is 35.5. The van der Waals surface area contributed by atoms with Gasteiger partial charge in [0.1, 0.15) is 10.6 Å². The molecule has 0 aliphatic rings. The third-order valence-corrected chi connectivity index (χ3v) is 4.13. The van der Waals surface area contributed by atoms with Crippen molar-refractivity contribution >= 4 is 28.3 Å². The highest BCUT2D eigenvalue weighted by Gasteiger charge is 2.26. The van der Waals surface area contributed by atoms with Crippen LogP contribution in [0.15, 0.2) is 17.2 Å². The molecule has 0 saturated carbocycles. The second kappa shape index (κ2) is 5.91. The van der Waals surface area contributed by atoms with Crippen LogP contribution in [0.5, 0.6) is 0 Å². The normalized spacial score (nSPS) is 12.0. The number of nitrogens with two attached hydrogens (primary N) is 2. The number of hydrogen-bond acceptors (Lipinski definition) is 4. The molecule has 1 aromatic rings. The van der Waals surface area contributed by atoms with Crippen molar-refractivity contribution in [2.75, 3.05) is 6.54 Å². The standard InChI is InChI=1S/C10H18N4O3S.ClH/c1-10(2,6-11)13-18(16,17)7-4-8(9(12)15)14(3)5-7;/h4-5,13H,6,11H2,1-3H3,(H2,12,15);1H. The van der Waals surface area contributed by atoms with Gasteiger partial charge in [0.2, 0.25) is 10.0 Å². The van der Waals surface area contributed by atoms with Gasteiger partial charge >= 0.3 is 0 Å². The monoisotopic (exact) mass is 310 g/mol. The van der Waals surface area contributed by atoms with Gasteiger partial charge in [-0.05, 0) is 19.9 Å². The summed E-state index contributed by atoms with van der Waals surface area (Å²) in [4.78, 5) is 11.1. The predicted octanol–water partition coefficient (Wildman–Crippen LogP) is -0.439. The van der Waals surface area contributed by atoms with Crippen molar-refractivity contribution in [3.05, 3.63) is 18.0 Å². The molecule has 0 spiro atoms. The lowest BCUT2D eigenvalue weighted by Gasteiger charge is -2.23. The van der Waals surface area contributed by atoms with Crippen LogP contribution < -0.4 is 16.2 Å². The van der Waals surface area contributed by atoms with E-state index in [1.165, 1.54) is 16.8 Å². The Bertz CT molecular complexity index is 565. The summed E-state index contributed by atoms with van der Waals surface area (Å²) in [6.45, 7) is 3.49. The summed E-state index contributed by atoms with van der Waals surface area (Å²) in [5.74, 6) is -0.683. The number of rotatable bonds is 5. The zero-order valence-corrected chi connectivity index (χ0v) is 12.6. The zero-order chi connectivity index (χ0) is 14.1. The van der Waals surface area contributed by atoms with Crippen LogP contribution in [-0.2, 0) is 17.1 Å². The van der Waals surface area contributed by atoms with E-state index in [1.54, 1.807) is 20.9 Å². The van der Waals surface area contributed by atoms with Crippen LogP contribution in [-0.4, -0.2) is 31.0 Å². The lowest BCUT2D eigenvalue weighted by molar-refractivity contribution is 0.0992. The average Bonchev–Trinajstić information content (AvgIpc) is 2.59. The molecular weight excluding hydrogens is 292 g/mol. The molecule has 0 atom stereocenters. The number of halogens is 1. The van der Waals surface area contributed by atoms with Crippen LogP contribution in [0.4, 0.5) is 0 Å². The van der Waals surface area contributed by atoms with E-state index in [9.17, 15) is 13.2 Å². The fourth-order valence-corrected chi connectivity index (χ4v) is 2.88. The van der Waals surface area contributed by atoms with E-state index in [-0.39, 0.29) is 29.5 Å². The third kappa shape index (κ3) is 4.20. The molecule has 0 saturated heterocycles. The number of hydrogen-bond donors (Lipinski definition) is 3. The minimum atomic E-state index is -3.72. The van der Waals surface area contributed by atoms with Crippen molar-refractivity contribution in [3.63, 3.8) is 0 Å². The molecule has 0 aromatic carbocycles. The molecule has 19 heavy (non-hydrogen) atoms. The quantitative estimate of drug-likeness (QED) is 0.683. The van der Waals surface area contributed by atoms with Gasteiger partial charge < -0.3 is 16.0 Å². The minimum absolute atomic E-state index is 0. The molecule has 1 rings (SSSR count). The van der Waals surface area contributed by atoms with Crippen molar-refractivity contribution in [1.82, 2.24) is 9.29 Å². The van der Waals surface area contributed by atoms with E-state index in [0.717, 1.165) is 0 Å². The maximum absolute atomic E-state index is 12.1. The van der Waals surface area contributed by atoms with E-state index in [1.807, 2.05) is 0 Å². The lowest BCUT2D eigenvalue weighted by atomic mass is 10.1. The molecular formula is C10H19ClN4O3S. The largest absolute Gasteiger partial charge is 0.364 e. The summed E-state index contributed by atoms with van der Waals surface area (Å²) in [5, 5.41) is 0. The summed E-state index contributed by atoms with van der Waals surface area (Å²) in [6, 6.07) is 1.23. The number of amides is 1. The first-order valence-corrected chi connectivity index (χ1v) is 6.77. The number of nitrogens with zero attached hydrogens (tertiary/aromatic N) is 1. The Labute approximate surface area is 118 Å². The number of primary amides is 1. The van der Waals surface area contributed by atoms with Gasteiger partial charge in [-0.3, -0.25) is 4.79 Å². The second-order valence-corrected chi connectivity index (χ2v) is 6.41. The highest BCUT2D eigenvalue weighted by Crippen LogP contribution is 2.15. The third-order valence-electron chi connectivity index (χ3n) is 2.46. The molecule has 9 heteroatoms. The van der Waals surface area contributed by atoms with Crippen molar-refractivity contribution in [2.45, 2.75) is 24.3 Å². The number of sulfonamides is 1. The molecule has 0 unspecified atom stereocenters. The first-order valence-electron chi connectivity index (χ1n) is 5.29. The molecule has 1 aromatic heterocycles. The Kier molecular flexibility index (Phi) is 5.57. The molecule has 110 valence electrons. The molecule has 0 aliphatic heterocycles. The SMILES string of the molecule is Cl.Cn1cc(S(=O)(=O)NC(C)(C)CN)cc1C(N)=O. The molecule has 1 heterocycles. The maximum atomic E-state index is 12.1. The fourth-order valence-electron chi connectivity index (χ4n) is 1.39. The van der Waals surface area contributed by atoms with Crippen LogP contribution in [0.25, 0.3) is 0 Å². The van der Waals surface area contributed by atoms with Gasteiger partial charge in [0.25, 0.3) is 5.91 Å². The van der Waals surface area contributed by atoms with Gasteiger partial charge in [0.15, 0.2) is 0 Å².